The Bertz CT molecular complexity index is 553. The lowest BCUT2D eigenvalue weighted by molar-refractivity contribution is 0.160. The van der Waals surface area contributed by atoms with Gasteiger partial charge in [-0.25, -0.2) is 4.79 Å². The van der Waals surface area contributed by atoms with E-state index in [2.05, 4.69) is 33.0 Å². The molecule has 5 nitrogen and oxygen atoms in total. The van der Waals surface area contributed by atoms with E-state index in [1.54, 1.807) is 0 Å². The smallest absolute Gasteiger partial charge is 0.314 e. The van der Waals surface area contributed by atoms with Gasteiger partial charge in [0.05, 0.1) is 6.04 Å². The fourth-order valence-electron chi connectivity index (χ4n) is 3.95. The van der Waals surface area contributed by atoms with E-state index >= 15 is 0 Å². The number of hydrogen-bond acceptors (Lipinski definition) is 3. The van der Waals surface area contributed by atoms with Gasteiger partial charge >= 0.3 is 6.03 Å². The van der Waals surface area contributed by atoms with Crippen molar-refractivity contribution in [2.75, 3.05) is 39.3 Å². The number of amides is 2. The minimum absolute atomic E-state index is 0.0560. The molecule has 2 amide bonds. The van der Waals surface area contributed by atoms with Gasteiger partial charge in [-0.1, -0.05) is 30.2 Å². The molecule has 3 N–H and O–H groups in total. The topological polar surface area (TPSA) is 56.4 Å². The molecule has 0 unspecified atom stereocenters. The SMILES string of the molecule is O=C(NCC1CCNCC1)NC[C@@H](c1ccc(Cl)cc1)N1CCCCC1. The van der Waals surface area contributed by atoms with Crippen LogP contribution in [0.3, 0.4) is 0 Å². The second kappa shape index (κ2) is 10.1. The van der Waals surface area contributed by atoms with Crippen molar-refractivity contribution >= 4 is 17.6 Å². The minimum atomic E-state index is -0.0560. The van der Waals surface area contributed by atoms with Gasteiger partial charge in [0.2, 0.25) is 0 Å². The van der Waals surface area contributed by atoms with Crippen molar-refractivity contribution in [3.8, 4) is 0 Å². The number of carbonyl (C=O) groups excluding carboxylic acids is 1. The summed E-state index contributed by atoms with van der Waals surface area (Å²) < 4.78 is 0. The highest BCUT2D eigenvalue weighted by molar-refractivity contribution is 6.30. The molecule has 2 aliphatic heterocycles. The van der Waals surface area contributed by atoms with E-state index < -0.39 is 0 Å². The minimum Gasteiger partial charge on any atom is -0.338 e. The normalized spacial score (nSPS) is 20.5. The van der Waals surface area contributed by atoms with E-state index in [1.807, 2.05) is 12.1 Å². The summed E-state index contributed by atoms with van der Waals surface area (Å²) in [6.45, 7) is 5.68. The molecule has 6 heteroatoms. The van der Waals surface area contributed by atoms with Gasteiger partial charge in [-0.05, 0) is 75.5 Å². The summed E-state index contributed by atoms with van der Waals surface area (Å²) in [6.07, 6.45) is 6.04. The number of nitrogens with zero attached hydrogens (tertiary/aromatic N) is 1. The number of carbonyl (C=O) groups is 1. The third-order valence-corrected chi connectivity index (χ3v) is 5.80. The predicted molar refractivity (Wildman–Crippen MR) is 107 cm³/mol. The highest BCUT2D eigenvalue weighted by Crippen LogP contribution is 2.25. The lowest BCUT2D eigenvalue weighted by atomic mass is 9.98. The molecule has 0 aliphatic carbocycles. The summed E-state index contributed by atoms with van der Waals surface area (Å²) in [5.74, 6) is 0.594. The van der Waals surface area contributed by atoms with Gasteiger partial charge in [-0.2, -0.15) is 0 Å². The largest absolute Gasteiger partial charge is 0.338 e. The van der Waals surface area contributed by atoms with E-state index in [-0.39, 0.29) is 12.1 Å². The number of piperidine rings is 2. The monoisotopic (exact) mass is 378 g/mol. The van der Waals surface area contributed by atoms with Gasteiger partial charge in [0, 0.05) is 18.1 Å². The lowest BCUT2D eigenvalue weighted by Crippen LogP contribution is -2.45. The summed E-state index contributed by atoms with van der Waals surface area (Å²) in [7, 11) is 0. The number of rotatable bonds is 6. The Morgan fingerprint density at radius 3 is 2.50 bits per heavy atom. The zero-order valence-corrected chi connectivity index (χ0v) is 16.2. The molecule has 1 aromatic rings. The van der Waals surface area contributed by atoms with Crippen LogP contribution in [0, 0.1) is 5.92 Å². The Kier molecular flexibility index (Phi) is 7.59. The summed E-state index contributed by atoms with van der Waals surface area (Å²) >= 11 is 6.05. The molecule has 26 heavy (non-hydrogen) atoms. The van der Waals surface area contributed by atoms with Crippen molar-refractivity contribution in [2.24, 2.45) is 5.92 Å². The Morgan fingerprint density at radius 1 is 1.12 bits per heavy atom. The molecule has 0 aromatic heterocycles. The van der Waals surface area contributed by atoms with Gasteiger partial charge in [0.1, 0.15) is 0 Å². The Hall–Kier alpha value is -1.30. The first-order chi connectivity index (χ1) is 12.7. The Labute approximate surface area is 161 Å². The van der Waals surface area contributed by atoms with Gasteiger partial charge in [-0.15, -0.1) is 0 Å². The average molecular weight is 379 g/mol. The van der Waals surface area contributed by atoms with Crippen LogP contribution in [0.4, 0.5) is 4.79 Å². The summed E-state index contributed by atoms with van der Waals surface area (Å²) in [4.78, 5) is 14.8. The van der Waals surface area contributed by atoms with Crippen LogP contribution in [-0.4, -0.2) is 50.2 Å². The van der Waals surface area contributed by atoms with Crippen LogP contribution in [0.25, 0.3) is 0 Å². The van der Waals surface area contributed by atoms with Crippen LogP contribution in [0.1, 0.15) is 43.7 Å². The molecule has 1 aromatic carbocycles. The predicted octanol–water partition coefficient (Wildman–Crippen LogP) is 3.17. The van der Waals surface area contributed by atoms with Crippen LogP contribution in [0.15, 0.2) is 24.3 Å². The molecular weight excluding hydrogens is 348 g/mol. The van der Waals surface area contributed by atoms with Gasteiger partial charge < -0.3 is 16.0 Å². The van der Waals surface area contributed by atoms with Crippen molar-refractivity contribution in [1.82, 2.24) is 20.9 Å². The molecule has 0 radical (unpaired) electrons. The molecule has 2 fully saturated rings. The first-order valence-electron chi connectivity index (χ1n) is 9.94. The number of halogens is 1. The van der Waals surface area contributed by atoms with Crippen LogP contribution in [0.2, 0.25) is 5.02 Å². The zero-order valence-electron chi connectivity index (χ0n) is 15.5. The number of nitrogens with one attached hydrogen (secondary N) is 3. The fraction of sp³-hybridized carbons (Fsp3) is 0.650. The molecule has 2 saturated heterocycles. The van der Waals surface area contributed by atoms with E-state index in [0.29, 0.717) is 12.5 Å². The number of hydrogen-bond donors (Lipinski definition) is 3. The molecule has 3 rings (SSSR count). The van der Waals surface area contributed by atoms with Crippen molar-refractivity contribution in [3.63, 3.8) is 0 Å². The van der Waals surface area contributed by atoms with Crippen molar-refractivity contribution in [3.05, 3.63) is 34.9 Å². The van der Waals surface area contributed by atoms with Crippen LogP contribution < -0.4 is 16.0 Å². The maximum absolute atomic E-state index is 12.3. The van der Waals surface area contributed by atoms with Crippen molar-refractivity contribution in [1.29, 1.82) is 0 Å². The molecule has 2 aliphatic rings. The number of urea groups is 1. The van der Waals surface area contributed by atoms with Crippen molar-refractivity contribution < 1.29 is 4.79 Å². The maximum atomic E-state index is 12.3. The summed E-state index contributed by atoms with van der Waals surface area (Å²) in [6, 6.07) is 8.18. The Morgan fingerprint density at radius 2 is 1.81 bits per heavy atom. The average Bonchev–Trinajstić information content (AvgIpc) is 2.69. The van der Waals surface area contributed by atoms with E-state index in [0.717, 1.165) is 50.6 Å². The van der Waals surface area contributed by atoms with Crippen LogP contribution in [0.5, 0.6) is 0 Å². The fourth-order valence-corrected chi connectivity index (χ4v) is 4.07. The number of benzene rings is 1. The lowest BCUT2D eigenvalue weighted by Gasteiger charge is -2.35. The first-order valence-corrected chi connectivity index (χ1v) is 10.3. The molecule has 0 spiro atoms. The van der Waals surface area contributed by atoms with Gasteiger partial charge in [-0.3, -0.25) is 4.90 Å². The third-order valence-electron chi connectivity index (χ3n) is 5.55. The quantitative estimate of drug-likeness (QED) is 0.712. The molecule has 0 bridgehead atoms. The number of likely N-dealkylation sites (tertiary alicyclic amines) is 1. The van der Waals surface area contributed by atoms with Crippen LogP contribution >= 0.6 is 11.6 Å². The maximum Gasteiger partial charge on any atom is 0.314 e. The Balaban J connectivity index is 1.52. The molecule has 2 heterocycles. The van der Waals surface area contributed by atoms with E-state index in [9.17, 15) is 4.79 Å². The van der Waals surface area contributed by atoms with E-state index in [4.69, 9.17) is 11.6 Å². The standard InChI is InChI=1S/C20H31ClN4O/c21-18-6-4-17(5-7-18)19(25-12-2-1-3-13-25)15-24-20(26)23-14-16-8-10-22-11-9-16/h4-7,16,19,22H,1-3,8-15H2,(H2,23,24,26)/t19-/m0/s1. The molecule has 144 valence electrons. The molecule has 0 saturated carbocycles. The zero-order chi connectivity index (χ0) is 18.2. The van der Waals surface area contributed by atoms with Crippen LogP contribution in [-0.2, 0) is 0 Å². The summed E-state index contributed by atoms with van der Waals surface area (Å²) in [5.41, 5.74) is 1.22. The second-order valence-corrected chi connectivity index (χ2v) is 7.88. The second-order valence-electron chi connectivity index (χ2n) is 7.45. The highest BCUT2D eigenvalue weighted by Gasteiger charge is 2.23. The van der Waals surface area contributed by atoms with Crippen molar-refractivity contribution in [2.45, 2.75) is 38.1 Å². The van der Waals surface area contributed by atoms with E-state index in [1.165, 1.54) is 24.8 Å². The van der Waals surface area contributed by atoms with Gasteiger partial charge in [0.25, 0.3) is 0 Å². The first kappa shape index (κ1) is 19.5. The molecule has 1 atom stereocenters. The molecular formula is C20H31ClN4O. The van der Waals surface area contributed by atoms with Gasteiger partial charge in [0.15, 0.2) is 0 Å². The summed E-state index contributed by atoms with van der Waals surface area (Å²) in [5, 5.41) is 10.3. The highest BCUT2D eigenvalue weighted by atomic mass is 35.5. The third kappa shape index (κ3) is 5.86.